The third-order valence-corrected chi connectivity index (χ3v) is 13.0. The van der Waals surface area contributed by atoms with E-state index in [1.54, 1.807) is 60.7 Å². The first-order valence-electron chi connectivity index (χ1n) is 22.7. The number of benzene rings is 5. The molecule has 5 aromatic carbocycles. The maximum Gasteiger partial charge on any atom is 0.286 e. The third kappa shape index (κ3) is 14.1. The molecule has 4 heterocycles. The van der Waals surface area contributed by atoms with Gasteiger partial charge in [-0.1, -0.05) is 83.9 Å². The van der Waals surface area contributed by atoms with Gasteiger partial charge >= 0.3 is 0 Å². The van der Waals surface area contributed by atoms with E-state index in [9.17, 15) is 35.5 Å². The predicted molar refractivity (Wildman–Crippen MR) is 283 cm³/mol. The van der Waals surface area contributed by atoms with Crippen molar-refractivity contribution in [2.45, 2.75) is 23.6 Å². The van der Waals surface area contributed by atoms with Gasteiger partial charge in [0.25, 0.3) is 23.1 Å². The van der Waals surface area contributed by atoms with E-state index in [0.29, 0.717) is 11.1 Å². The van der Waals surface area contributed by atoms with E-state index < -0.39 is 20.2 Å². The number of aryl methyl sites for hydroxylation is 4. The molecule has 18 heteroatoms. The number of nitrogens with zero attached hydrogens (tertiary/aromatic N) is 6. The van der Waals surface area contributed by atoms with E-state index in [1.807, 2.05) is 86.9 Å². The smallest absolute Gasteiger partial charge is 0.286 e. The highest BCUT2D eigenvalue weighted by Crippen LogP contribution is 2.20. The second-order valence-electron chi connectivity index (χ2n) is 16.6. The summed E-state index contributed by atoms with van der Waals surface area (Å²) in [7, 11) is -4.43. The topological polar surface area (TPSA) is 214 Å². The quantitative estimate of drug-likeness (QED) is 0.0531. The number of amides is 2. The Balaban J connectivity index is 0.000000299. The monoisotopic (exact) mass is 1030 g/mol. The fourth-order valence-electron chi connectivity index (χ4n) is 7.33. The standard InChI is InChI=1S/C42H34N8O2.2C7H8O3S/c1-47-37(29-49-27-5-3-11-39(47)49)33-17-13-31(14-18-33)9-7-25-43-45-41(51)35-21-23-36(24-22-35)42(52)46-44-26-8-10-32-15-19-34(20-16-32)38-30-50-28-6-4-12-40(50)48(38)2;2*1-6-2-4-7(5-3-6)11(8,9)10/h3-30H,1-2H3;2*2-5H,1H3,(H,8,9,10)/b9-7+,10-8+,43-25-,44-26-;;. The molecule has 0 saturated heterocycles. The van der Waals surface area contributed by atoms with Gasteiger partial charge in [-0.25, -0.2) is 45.6 Å². The van der Waals surface area contributed by atoms with E-state index >= 15 is 0 Å². The van der Waals surface area contributed by atoms with E-state index in [4.69, 9.17) is 0 Å². The van der Waals surface area contributed by atoms with Crippen LogP contribution >= 0.6 is 0 Å². The number of aromatic nitrogens is 4. The molecule has 0 bridgehead atoms. The molecule has 0 radical (unpaired) electrons. The summed E-state index contributed by atoms with van der Waals surface area (Å²) < 4.78 is 70.8. The molecule has 2 N–H and O–H groups in total. The lowest BCUT2D eigenvalue weighted by molar-refractivity contribution is -0.633. The Kier molecular flexibility index (Phi) is 17.1. The molecule has 374 valence electrons. The summed E-state index contributed by atoms with van der Waals surface area (Å²) in [5.41, 5.74) is 16.3. The van der Waals surface area contributed by atoms with Gasteiger partial charge < -0.3 is 9.11 Å². The molecule has 0 unspecified atom stereocenters. The maximum atomic E-state index is 12.5. The summed E-state index contributed by atoms with van der Waals surface area (Å²) in [4.78, 5) is 24.7. The second kappa shape index (κ2) is 24.0. The summed E-state index contributed by atoms with van der Waals surface area (Å²) in [6.45, 7) is 3.64. The Bertz CT molecular complexity index is 3520. The van der Waals surface area contributed by atoms with Gasteiger partial charge in [-0.05, 0) is 122 Å². The molecular formula is C56H50N8O8S2. The van der Waals surface area contributed by atoms with Crippen LogP contribution in [0.2, 0.25) is 0 Å². The Morgan fingerprint density at radius 2 is 0.851 bits per heavy atom. The van der Waals surface area contributed by atoms with E-state index in [-0.39, 0.29) is 21.6 Å². The highest BCUT2D eigenvalue weighted by Gasteiger charge is 2.16. The van der Waals surface area contributed by atoms with Gasteiger partial charge in [0, 0.05) is 46.8 Å². The van der Waals surface area contributed by atoms with Gasteiger partial charge in [0.1, 0.15) is 32.6 Å². The molecule has 0 saturated carbocycles. The van der Waals surface area contributed by atoms with Crippen molar-refractivity contribution in [2.75, 3.05) is 0 Å². The van der Waals surface area contributed by atoms with Crippen LogP contribution in [-0.2, 0) is 34.3 Å². The maximum absolute atomic E-state index is 12.5. The Labute approximate surface area is 428 Å². The van der Waals surface area contributed by atoms with Crippen molar-refractivity contribution >= 4 is 67.9 Å². The van der Waals surface area contributed by atoms with E-state index in [2.05, 4.69) is 102 Å². The molecule has 0 atom stereocenters. The third-order valence-electron chi connectivity index (χ3n) is 11.3. The predicted octanol–water partition coefficient (Wildman–Crippen LogP) is 7.83. The molecule has 9 rings (SSSR count). The lowest BCUT2D eigenvalue weighted by Crippen LogP contribution is -2.29. The van der Waals surface area contributed by atoms with Crippen LogP contribution in [0.1, 0.15) is 43.0 Å². The molecule has 2 amide bonds. The van der Waals surface area contributed by atoms with E-state index in [0.717, 1.165) is 56.1 Å². The first-order valence-corrected chi connectivity index (χ1v) is 25.5. The average molecular weight is 1030 g/mol. The normalized spacial score (nSPS) is 11.8. The van der Waals surface area contributed by atoms with Crippen molar-refractivity contribution in [1.29, 1.82) is 0 Å². The summed E-state index contributed by atoms with van der Waals surface area (Å²) in [5, 5.41) is 8.01. The highest BCUT2D eigenvalue weighted by atomic mass is 32.2. The summed E-state index contributed by atoms with van der Waals surface area (Å²) in [5.74, 6) is -0.776. The van der Waals surface area contributed by atoms with Crippen molar-refractivity contribution in [2.24, 2.45) is 24.3 Å². The van der Waals surface area contributed by atoms with Crippen molar-refractivity contribution < 1.29 is 44.7 Å². The highest BCUT2D eigenvalue weighted by molar-refractivity contribution is 7.86. The number of hydrazone groups is 2. The molecule has 0 aliphatic carbocycles. The van der Waals surface area contributed by atoms with Crippen LogP contribution in [-0.4, -0.2) is 59.0 Å². The zero-order valence-corrected chi connectivity index (χ0v) is 42.2. The van der Waals surface area contributed by atoms with Crippen LogP contribution in [0.5, 0.6) is 0 Å². The number of carbonyl (C=O) groups excluding carboxylic acids is 2. The molecule has 74 heavy (non-hydrogen) atoms. The van der Waals surface area contributed by atoms with Crippen LogP contribution in [0.15, 0.2) is 215 Å². The largest absolute Gasteiger partial charge is 0.744 e. The summed E-state index contributed by atoms with van der Waals surface area (Å²) in [6.07, 6.45) is 18.7. The first-order chi connectivity index (χ1) is 35.4. The molecular weight excluding hydrogens is 977 g/mol. The van der Waals surface area contributed by atoms with Gasteiger partial charge in [0.15, 0.2) is 11.4 Å². The number of fused-ring (bicyclic) bond motifs is 2. The Hall–Kier alpha value is -8.94. The average Bonchev–Trinajstić information content (AvgIpc) is 3.92. The van der Waals surface area contributed by atoms with Gasteiger partial charge in [-0.3, -0.25) is 9.59 Å². The first kappa shape index (κ1) is 52.9. The number of allylic oxidation sites excluding steroid dienone is 2. The summed E-state index contributed by atoms with van der Waals surface area (Å²) in [6, 6.07) is 46.5. The number of pyridine rings is 2. The van der Waals surface area contributed by atoms with Crippen molar-refractivity contribution in [3.8, 4) is 22.5 Å². The summed E-state index contributed by atoms with van der Waals surface area (Å²) >= 11 is 0. The minimum atomic E-state index is -4.27. The van der Waals surface area contributed by atoms with Crippen molar-refractivity contribution in [3.63, 3.8) is 0 Å². The second-order valence-corrected chi connectivity index (χ2v) is 19.4. The van der Waals surface area contributed by atoms with Crippen LogP contribution in [0.3, 0.4) is 0 Å². The van der Waals surface area contributed by atoms with Crippen LogP contribution in [0.25, 0.3) is 46.0 Å². The Morgan fingerprint density at radius 3 is 1.18 bits per heavy atom. The zero-order chi connectivity index (χ0) is 52.8. The van der Waals surface area contributed by atoms with Crippen LogP contribution < -0.4 is 20.0 Å². The van der Waals surface area contributed by atoms with Gasteiger partial charge in [0.05, 0.1) is 36.3 Å². The molecule has 9 aromatic rings. The SMILES string of the molecule is C[n+]1c(-c2ccc(/C=C/C=N\NC(=O)c3ccc(C(=O)N/N=C\C=C\c4ccc(-c5cn6ccccc6[n+]5C)cc4)cc3)cc2)cn2ccccc21.Cc1ccc(S(=O)(=O)[O-])cc1.Cc1ccc(S(=O)(=O)[O-])cc1. The Morgan fingerprint density at radius 1 is 0.500 bits per heavy atom. The fourth-order valence-corrected chi connectivity index (χ4v) is 8.27. The molecule has 0 aliphatic rings. The number of rotatable bonds is 12. The lowest BCUT2D eigenvalue weighted by Gasteiger charge is -2.05. The molecule has 4 aromatic heterocycles. The number of hydrogen-bond donors (Lipinski definition) is 2. The number of nitrogens with one attached hydrogen (secondary N) is 2. The van der Waals surface area contributed by atoms with Crippen LogP contribution in [0, 0.1) is 13.8 Å². The van der Waals surface area contributed by atoms with Crippen molar-refractivity contribution in [3.05, 3.63) is 228 Å². The molecule has 0 aliphatic heterocycles. The number of imidazole rings is 2. The number of hydrogen-bond acceptors (Lipinski definition) is 10. The minimum absolute atomic E-state index is 0.178. The van der Waals surface area contributed by atoms with Gasteiger partial charge in [0.2, 0.25) is 0 Å². The van der Waals surface area contributed by atoms with Gasteiger partial charge in [-0.15, -0.1) is 0 Å². The van der Waals surface area contributed by atoms with E-state index in [1.165, 1.54) is 36.7 Å². The molecule has 0 fully saturated rings. The zero-order valence-electron chi connectivity index (χ0n) is 40.6. The molecule has 16 nitrogen and oxygen atoms in total. The lowest BCUT2D eigenvalue weighted by atomic mass is 10.1. The number of carbonyl (C=O) groups is 2. The van der Waals surface area contributed by atoms with Gasteiger partial charge in [-0.2, -0.15) is 10.2 Å². The minimum Gasteiger partial charge on any atom is -0.744 e. The van der Waals surface area contributed by atoms with Crippen molar-refractivity contribution in [1.82, 2.24) is 19.7 Å². The fraction of sp³-hybridized carbons (Fsp3) is 0.0714. The van der Waals surface area contributed by atoms with Crippen LogP contribution in [0.4, 0.5) is 0 Å². The molecule has 0 spiro atoms.